The zero-order chi connectivity index (χ0) is 18.2. The van der Waals surface area contributed by atoms with Gasteiger partial charge in [-0.15, -0.1) is 0 Å². The van der Waals surface area contributed by atoms with Gasteiger partial charge in [0, 0.05) is 0 Å². The number of rotatable bonds is 13. The molecule has 0 aromatic heterocycles. The maximum atomic E-state index is 11.5. The van der Waals surface area contributed by atoms with Crippen molar-refractivity contribution in [2.45, 2.75) is 84.2 Å². The van der Waals surface area contributed by atoms with Gasteiger partial charge < -0.3 is 14.8 Å². The first-order chi connectivity index (χ1) is 11.3. The molecular weight excluding hydrogens is 312 g/mol. The molecule has 1 aliphatic rings. The van der Waals surface area contributed by atoms with Gasteiger partial charge in [-0.05, 0) is 52.4 Å². The van der Waals surface area contributed by atoms with Crippen molar-refractivity contribution in [2.75, 3.05) is 0 Å². The molecule has 0 aromatic rings. The summed E-state index contributed by atoms with van der Waals surface area (Å²) in [6, 6.07) is 0. The summed E-state index contributed by atoms with van der Waals surface area (Å²) >= 11 is 0. The molecule has 0 aliphatic heterocycles. The highest BCUT2D eigenvalue weighted by molar-refractivity contribution is 5.79. The van der Waals surface area contributed by atoms with E-state index in [0.29, 0.717) is 6.42 Å². The Morgan fingerprint density at radius 3 is 2.17 bits per heavy atom. The second-order valence-electron chi connectivity index (χ2n) is 7.62. The van der Waals surface area contributed by atoms with Crippen LogP contribution < -0.4 is 11.8 Å². The molecule has 7 heteroatoms. The van der Waals surface area contributed by atoms with Crippen molar-refractivity contribution in [3.63, 3.8) is 0 Å². The molecule has 1 saturated carbocycles. The minimum absolute atomic E-state index is 0.0189. The Morgan fingerprint density at radius 2 is 1.71 bits per heavy atom. The Hall–Kier alpha value is -1.18. The van der Waals surface area contributed by atoms with E-state index in [9.17, 15) is 9.59 Å². The molecule has 0 spiro atoms. The molecular formula is C17H32N2O5. The Kier molecular flexibility index (Phi) is 8.12. The molecule has 7 nitrogen and oxygen atoms in total. The first-order valence-electron chi connectivity index (χ1n) is 8.77. The third kappa shape index (κ3) is 6.37. The number of carboxylic acids is 1. The maximum absolute atomic E-state index is 11.5. The highest BCUT2D eigenvalue weighted by atomic mass is 16.7. The Balaban J connectivity index is 2.15. The van der Waals surface area contributed by atoms with Crippen LogP contribution in [-0.4, -0.2) is 23.1 Å². The molecule has 1 unspecified atom stereocenters. The molecule has 1 rings (SSSR count). The lowest BCUT2D eigenvalue weighted by Crippen LogP contribution is -2.24. The fourth-order valence-electron chi connectivity index (χ4n) is 2.99. The van der Waals surface area contributed by atoms with Crippen LogP contribution in [0.2, 0.25) is 0 Å². The van der Waals surface area contributed by atoms with Gasteiger partial charge in [0.15, 0.2) is 0 Å². The summed E-state index contributed by atoms with van der Waals surface area (Å²) in [4.78, 5) is 32.0. The fraction of sp³-hybridized carbons (Fsp3) is 0.882. The molecule has 0 saturated heterocycles. The smallest absolute Gasteiger partial charge is 0.330 e. The van der Waals surface area contributed by atoms with Gasteiger partial charge in [-0.25, -0.2) is 10.7 Å². The van der Waals surface area contributed by atoms with Crippen molar-refractivity contribution in [3.8, 4) is 0 Å². The summed E-state index contributed by atoms with van der Waals surface area (Å²) in [5, 5.41) is 9.08. The van der Waals surface area contributed by atoms with Crippen LogP contribution in [0.5, 0.6) is 0 Å². The van der Waals surface area contributed by atoms with E-state index in [1.807, 2.05) is 0 Å². The zero-order valence-electron chi connectivity index (χ0n) is 14.9. The van der Waals surface area contributed by atoms with Gasteiger partial charge in [-0.3, -0.25) is 4.79 Å². The normalized spacial score (nSPS) is 17.3. The second-order valence-corrected chi connectivity index (χ2v) is 7.62. The summed E-state index contributed by atoms with van der Waals surface area (Å²) in [7, 11) is 0. The van der Waals surface area contributed by atoms with Crippen LogP contribution in [0.3, 0.4) is 0 Å². The Labute approximate surface area is 144 Å². The van der Waals surface area contributed by atoms with E-state index >= 15 is 0 Å². The number of hydrogen-bond donors (Lipinski definition) is 3. The van der Waals surface area contributed by atoms with Gasteiger partial charge in [-0.2, -0.15) is 5.90 Å². The summed E-state index contributed by atoms with van der Waals surface area (Å²) < 4.78 is 0. The molecule has 0 heterocycles. The lowest BCUT2D eigenvalue weighted by Gasteiger charge is -2.20. The number of carbonyl (C=O) groups is 2. The topological polar surface area (TPSA) is 125 Å². The van der Waals surface area contributed by atoms with E-state index in [0.717, 1.165) is 57.8 Å². The highest BCUT2D eigenvalue weighted by Crippen LogP contribution is 2.50. The van der Waals surface area contributed by atoms with Crippen molar-refractivity contribution >= 4 is 11.9 Å². The number of unbranched alkanes of at least 4 members (excludes halogenated alkanes) is 2. The first kappa shape index (κ1) is 20.9. The summed E-state index contributed by atoms with van der Waals surface area (Å²) in [6.07, 6.45) is 8.38. The number of nitrogens with two attached hydrogens (primary N) is 2. The molecule has 0 aromatic carbocycles. The summed E-state index contributed by atoms with van der Waals surface area (Å²) in [5.41, 5.74) is -1.02. The molecule has 24 heavy (non-hydrogen) atoms. The van der Waals surface area contributed by atoms with E-state index in [1.54, 1.807) is 13.8 Å². The molecule has 5 N–H and O–H groups in total. The van der Waals surface area contributed by atoms with Gasteiger partial charge in [0.25, 0.3) is 0 Å². The Morgan fingerprint density at radius 1 is 1.12 bits per heavy atom. The third-order valence-corrected chi connectivity index (χ3v) is 5.17. The van der Waals surface area contributed by atoms with Crippen molar-refractivity contribution in [1.29, 1.82) is 0 Å². The minimum atomic E-state index is -0.765. The lowest BCUT2D eigenvalue weighted by molar-refractivity contribution is -0.151. The van der Waals surface area contributed by atoms with Crippen LogP contribution in [0.1, 0.15) is 78.1 Å². The van der Waals surface area contributed by atoms with Crippen molar-refractivity contribution in [1.82, 2.24) is 0 Å². The van der Waals surface area contributed by atoms with E-state index < -0.39 is 11.4 Å². The van der Waals surface area contributed by atoms with E-state index in [2.05, 4.69) is 4.84 Å². The average Bonchev–Trinajstić information content (AvgIpc) is 3.33. The summed E-state index contributed by atoms with van der Waals surface area (Å²) in [5.74, 6) is 9.26. The molecule has 1 fully saturated rings. The van der Waals surface area contributed by atoms with Gasteiger partial charge in [0.2, 0.25) is 0 Å². The van der Waals surface area contributed by atoms with Gasteiger partial charge in [-0.1, -0.05) is 25.7 Å². The monoisotopic (exact) mass is 344 g/mol. The average molecular weight is 344 g/mol. The maximum Gasteiger partial charge on any atom is 0.330 e. The van der Waals surface area contributed by atoms with Gasteiger partial charge >= 0.3 is 11.9 Å². The molecule has 0 radical (unpaired) electrons. The largest absolute Gasteiger partial charge is 0.481 e. The number of carboxylic acid groups (broad SMARTS) is 1. The standard InChI is InChI=1S/C17H32N2O5/c1-16(2,14(20)21)9-5-3-7-13(23-18)8-4-6-10-17(11-12-17)15(22)24-19/h13H,3-12,18-19H2,1-2H3,(H,20,21). The van der Waals surface area contributed by atoms with Crippen LogP contribution >= 0.6 is 0 Å². The van der Waals surface area contributed by atoms with Crippen LogP contribution in [0.25, 0.3) is 0 Å². The lowest BCUT2D eigenvalue weighted by atomic mass is 9.87. The van der Waals surface area contributed by atoms with E-state index in [1.165, 1.54) is 0 Å². The third-order valence-electron chi connectivity index (χ3n) is 5.17. The van der Waals surface area contributed by atoms with Gasteiger partial charge in [0.1, 0.15) is 0 Å². The van der Waals surface area contributed by atoms with Crippen LogP contribution in [0.15, 0.2) is 0 Å². The predicted molar refractivity (Wildman–Crippen MR) is 89.4 cm³/mol. The first-order valence-corrected chi connectivity index (χ1v) is 8.77. The van der Waals surface area contributed by atoms with E-state index in [-0.39, 0.29) is 17.5 Å². The summed E-state index contributed by atoms with van der Waals surface area (Å²) in [6.45, 7) is 3.48. The Bertz CT molecular complexity index is 421. The van der Waals surface area contributed by atoms with Crippen LogP contribution in [0.4, 0.5) is 0 Å². The molecule has 0 bridgehead atoms. The highest BCUT2D eigenvalue weighted by Gasteiger charge is 2.50. The zero-order valence-corrected chi connectivity index (χ0v) is 14.9. The number of aliphatic carboxylic acids is 1. The molecule has 1 aliphatic carbocycles. The SMILES string of the molecule is CC(C)(CCCCC(CCCCC1(C(=O)ON)CC1)ON)C(=O)O. The predicted octanol–water partition coefficient (Wildman–Crippen LogP) is 2.67. The second kappa shape index (κ2) is 9.34. The number of hydrogen-bond acceptors (Lipinski definition) is 6. The molecule has 140 valence electrons. The quantitative estimate of drug-likeness (QED) is 0.346. The molecule has 0 amide bonds. The van der Waals surface area contributed by atoms with Crippen molar-refractivity contribution < 1.29 is 24.4 Å². The fourth-order valence-corrected chi connectivity index (χ4v) is 2.99. The van der Waals surface area contributed by atoms with Crippen molar-refractivity contribution in [2.24, 2.45) is 22.6 Å². The number of carbonyl (C=O) groups excluding carboxylic acids is 1. The van der Waals surface area contributed by atoms with Crippen LogP contribution in [0, 0.1) is 10.8 Å². The minimum Gasteiger partial charge on any atom is -0.481 e. The molecule has 1 atom stereocenters. The van der Waals surface area contributed by atoms with Crippen LogP contribution in [-0.2, 0) is 19.3 Å². The van der Waals surface area contributed by atoms with Gasteiger partial charge in [0.05, 0.1) is 16.9 Å². The van der Waals surface area contributed by atoms with Crippen molar-refractivity contribution in [3.05, 3.63) is 0 Å². The van der Waals surface area contributed by atoms with E-state index in [4.69, 9.17) is 21.7 Å².